The Kier molecular flexibility index (Phi) is 6.25. The van der Waals surface area contributed by atoms with Gasteiger partial charge >= 0.3 is 0 Å². The van der Waals surface area contributed by atoms with Crippen LogP contribution in [0.4, 0.5) is 0 Å². The summed E-state index contributed by atoms with van der Waals surface area (Å²) < 4.78 is 0. The van der Waals surface area contributed by atoms with Crippen LogP contribution in [0.25, 0.3) is 0 Å². The minimum atomic E-state index is 0.434. The van der Waals surface area contributed by atoms with Crippen molar-refractivity contribution in [2.45, 2.75) is 64.6 Å². The molecule has 1 aromatic carbocycles. The molecule has 0 amide bonds. The van der Waals surface area contributed by atoms with Gasteiger partial charge in [0.15, 0.2) is 0 Å². The lowest BCUT2D eigenvalue weighted by Crippen LogP contribution is -2.45. The highest BCUT2D eigenvalue weighted by Gasteiger charge is 2.36. The van der Waals surface area contributed by atoms with E-state index >= 15 is 0 Å². The number of hydrogen-bond donors (Lipinski definition) is 1. The van der Waals surface area contributed by atoms with Crippen LogP contribution in [0.15, 0.2) is 30.3 Å². The quantitative estimate of drug-likeness (QED) is 0.731. The van der Waals surface area contributed by atoms with E-state index in [0.717, 1.165) is 12.0 Å². The van der Waals surface area contributed by atoms with Crippen LogP contribution in [0.3, 0.4) is 0 Å². The van der Waals surface area contributed by atoms with E-state index in [1.807, 2.05) is 0 Å². The number of nitrogens with one attached hydrogen (secondary N) is 1. The molecule has 1 saturated carbocycles. The Bertz CT molecular complexity index is 397. The lowest BCUT2D eigenvalue weighted by atomic mass is 9.95. The van der Waals surface area contributed by atoms with Gasteiger partial charge in [-0.15, -0.1) is 0 Å². The molecule has 118 valence electrons. The lowest BCUT2D eigenvalue weighted by Gasteiger charge is -2.37. The van der Waals surface area contributed by atoms with Crippen LogP contribution in [0, 0.1) is 5.92 Å². The number of hydrogen-bond acceptors (Lipinski definition) is 2. The van der Waals surface area contributed by atoms with Crippen LogP contribution in [0.5, 0.6) is 0 Å². The largest absolute Gasteiger partial charge is 0.312 e. The van der Waals surface area contributed by atoms with E-state index in [0.29, 0.717) is 12.1 Å². The molecule has 0 bridgehead atoms. The molecule has 0 heterocycles. The zero-order valence-corrected chi connectivity index (χ0v) is 14.2. The molecule has 2 atom stereocenters. The average Bonchev–Trinajstić information content (AvgIpc) is 3.32. The second kappa shape index (κ2) is 7.95. The summed E-state index contributed by atoms with van der Waals surface area (Å²) in [6, 6.07) is 12.8. The number of rotatable bonds is 9. The maximum Gasteiger partial charge on any atom is 0.0475 e. The highest BCUT2D eigenvalue weighted by atomic mass is 15.2. The van der Waals surface area contributed by atoms with Crippen molar-refractivity contribution in [3.63, 3.8) is 0 Å². The van der Waals surface area contributed by atoms with Crippen molar-refractivity contribution < 1.29 is 0 Å². The molecule has 2 rings (SSSR count). The van der Waals surface area contributed by atoms with E-state index in [9.17, 15) is 0 Å². The molecule has 0 saturated heterocycles. The van der Waals surface area contributed by atoms with Crippen LogP contribution < -0.4 is 5.32 Å². The normalized spacial score (nSPS) is 18.2. The van der Waals surface area contributed by atoms with Gasteiger partial charge in [0.2, 0.25) is 0 Å². The van der Waals surface area contributed by atoms with Crippen molar-refractivity contribution in [1.29, 1.82) is 0 Å². The van der Waals surface area contributed by atoms with Crippen LogP contribution >= 0.6 is 0 Å². The van der Waals surface area contributed by atoms with Gasteiger partial charge in [0.05, 0.1) is 0 Å². The Balaban J connectivity index is 2.13. The summed E-state index contributed by atoms with van der Waals surface area (Å²) in [6.45, 7) is 8.24. The van der Waals surface area contributed by atoms with Crippen LogP contribution in [-0.4, -0.2) is 30.6 Å². The average molecular weight is 288 g/mol. The van der Waals surface area contributed by atoms with Crippen molar-refractivity contribution in [3.8, 4) is 0 Å². The molecule has 1 N–H and O–H groups in total. The van der Waals surface area contributed by atoms with Crippen molar-refractivity contribution in [1.82, 2.24) is 10.2 Å². The highest BCUT2D eigenvalue weighted by molar-refractivity contribution is 5.21. The van der Waals surface area contributed by atoms with Crippen molar-refractivity contribution in [2.75, 3.05) is 13.6 Å². The van der Waals surface area contributed by atoms with E-state index < -0.39 is 0 Å². The van der Waals surface area contributed by atoms with Gasteiger partial charge < -0.3 is 5.32 Å². The van der Waals surface area contributed by atoms with E-state index in [-0.39, 0.29) is 0 Å². The molecular weight excluding hydrogens is 256 g/mol. The Morgan fingerprint density at radius 1 is 1.19 bits per heavy atom. The van der Waals surface area contributed by atoms with E-state index in [1.165, 1.54) is 37.8 Å². The van der Waals surface area contributed by atoms with Gasteiger partial charge in [0.1, 0.15) is 0 Å². The van der Waals surface area contributed by atoms with Crippen LogP contribution in [0.1, 0.15) is 58.1 Å². The van der Waals surface area contributed by atoms with Crippen LogP contribution in [-0.2, 0) is 0 Å². The fourth-order valence-corrected chi connectivity index (χ4v) is 3.34. The SMILES string of the molecule is CCC(C(NC)c1ccccc1)N(CCC(C)C)C1CC1. The molecule has 21 heavy (non-hydrogen) atoms. The molecule has 2 heteroatoms. The summed E-state index contributed by atoms with van der Waals surface area (Å²) in [5, 5.41) is 3.58. The first-order valence-electron chi connectivity index (χ1n) is 8.65. The first-order valence-corrected chi connectivity index (χ1v) is 8.65. The number of nitrogens with zero attached hydrogens (tertiary/aromatic N) is 1. The highest BCUT2D eigenvalue weighted by Crippen LogP contribution is 2.34. The van der Waals surface area contributed by atoms with Gasteiger partial charge in [0.25, 0.3) is 0 Å². The molecule has 2 unspecified atom stereocenters. The van der Waals surface area contributed by atoms with Gasteiger partial charge in [-0.25, -0.2) is 0 Å². The lowest BCUT2D eigenvalue weighted by molar-refractivity contribution is 0.138. The summed E-state index contributed by atoms with van der Waals surface area (Å²) >= 11 is 0. The predicted octanol–water partition coefficient (Wildman–Crippen LogP) is 4.24. The van der Waals surface area contributed by atoms with Crippen molar-refractivity contribution in [2.24, 2.45) is 5.92 Å². The minimum Gasteiger partial charge on any atom is -0.312 e. The summed E-state index contributed by atoms with van der Waals surface area (Å²) in [5.41, 5.74) is 1.42. The molecule has 0 aromatic heterocycles. The third-order valence-electron chi connectivity index (χ3n) is 4.68. The Morgan fingerprint density at radius 2 is 1.86 bits per heavy atom. The van der Waals surface area contributed by atoms with Gasteiger partial charge in [0, 0.05) is 18.1 Å². The molecule has 0 aliphatic heterocycles. The third-order valence-corrected chi connectivity index (χ3v) is 4.68. The maximum atomic E-state index is 3.58. The van der Waals surface area contributed by atoms with Crippen molar-refractivity contribution in [3.05, 3.63) is 35.9 Å². The fourth-order valence-electron chi connectivity index (χ4n) is 3.34. The smallest absolute Gasteiger partial charge is 0.0475 e. The molecule has 1 fully saturated rings. The zero-order valence-electron chi connectivity index (χ0n) is 14.2. The summed E-state index contributed by atoms with van der Waals surface area (Å²) in [6.07, 6.45) is 5.28. The summed E-state index contributed by atoms with van der Waals surface area (Å²) in [7, 11) is 2.11. The maximum absolute atomic E-state index is 3.58. The van der Waals surface area contributed by atoms with Crippen LogP contribution in [0.2, 0.25) is 0 Å². The molecule has 2 nitrogen and oxygen atoms in total. The Hall–Kier alpha value is -0.860. The topological polar surface area (TPSA) is 15.3 Å². The second-order valence-electron chi connectivity index (χ2n) is 6.80. The zero-order chi connectivity index (χ0) is 15.2. The Morgan fingerprint density at radius 3 is 2.33 bits per heavy atom. The standard InChI is InChI=1S/C19H32N2/c1-5-18(19(20-4)16-9-7-6-8-10-16)21(17-11-12-17)14-13-15(2)3/h6-10,15,17-20H,5,11-14H2,1-4H3. The summed E-state index contributed by atoms with van der Waals surface area (Å²) in [4.78, 5) is 2.79. The van der Waals surface area contributed by atoms with E-state index in [4.69, 9.17) is 0 Å². The van der Waals surface area contributed by atoms with Crippen molar-refractivity contribution >= 4 is 0 Å². The molecule has 1 aliphatic rings. The fraction of sp³-hybridized carbons (Fsp3) is 0.684. The van der Waals surface area contributed by atoms with E-state index in [1.54, 1.807) is 0 Å². The first kappa shape index (κ1) is 16.5. The first-order chi connectivity index (χ1) is 10.2. The minimum absolute atomic E-state index is 0.434. The monoisotopic (exact) mass is 288 g/mol. The Labute approximate surface area is 130 Å². The number of likely N-dealkylation sites (N-methyl/N-ethyl adjacent to an activating group) is 1. The molecule has 1 aliphatic carbocycles. The molecule has 1 aromatic rings. The van der Waals surface area contributed by atoms with Gasteiger partial charge in [-0.2, -0.15) is 0 Å². The molecule has 0 spiro atoms. The van der Waals surface area contributed by atoms with Gasteiger partial charge in [-0.3, -0.25) is 4.90 Å². The third kappa shape index (κ3) is 4.55. The predicted molar refractivity (Wildman–Crippen MR) is 91.5 cm³/mol. The summed E-state index contributed by atoms with van der Waals surface area (Å²) in [5.74, 6) is 0.786. The molecule has 0 radical (unpaired) electrons. The number of benzene rings is 1. The second-order valence-corrected chi connectivity index (χ2v) is 6.80. The van der Waals surface area contributed by atoms with Gasteiger partial charge in [-0.1, -0.05) is 51.1 Å². The van der Waals surface area contributed by atoms with Gasteiger partial charge in [-0.05, 0) is 50.8 Å². The van der Waals surface area contributed by atoms with E-state index in [2.05, 4.69) is 68.4 Å². The molecular formula is C19H32N2.